The number of rotatable bonds is 13. The molecule has 0 amide bonds. The summed E-state index contributed by atoms with van der Waals surface area (Å²) >= 11 is 0. The van der Waals surface area contributed by atoms with E-state index in [1.165, 1.54) is 0 Å². The van der Waals surface area contributed by atoms with Crippen LogP contribution in [0.2, 0.25) is 18.1 Å². The Labute approximate surface area is 250 Å². The minimum Gasteiger partial charge on any atom is -0.543 e. The molecule has 4 rings (SSSR count). The highest BCUT2D eigenvalue weighted by Crippen LogP contribution is 2.39. The average molecular weight is 620 g/mol. The van der Waals surface area contributed by atoms with E-state index >= 15 is 0 Å². The standard InChI is InChI=1S/C30H45N3O7SSi/c1-22(39-41(5,34)35)16-18-36-19-20-37-27-12-10-11-25(31-27)29-24-21-23(40-42(6,7)30(2,3)4)14-15-26(24)33(32-29)28-13-8-9-17-38-28/h10-12,14-15,21-22,28H,8-9,13,16-20H2,1-7H3. The third kappa shape index (κ3) is 8.53. The quantitative estimate of drug-likeness (QED) is 0.123. The lowest BCUT2D eigenvalue weighted by Gasteiger charge is -2.36. The van der Waals surface area contributed by atoms with Crippen LogP contribution in [0.3, 0.4) is 0 Å². The Kier molecular flexibility index (Phi) is 10.4. The summed E-state index contributed by atoms with van der Waals surface area (Å²) in [7, 11) is -5.52. The SMILES string of the molecule is CC(CCOCCOc1cccc(-c2nn(C3CCCCO3)c3ccc(O[Si](C)(C)C(C)(C)C)cc23)n1)OS(C)(=O)=O. The molecule has 0 aliphatic carbocycles. The van der Waals surface area contributed by atoms with Crippen molar-refractivity contribution in [1.82, 2.24) is 14.8 Å². The van der Waals surface area contributed by atoms with Crippen LogP contribution in [0.15, 0.2) is 36.4 Å². The Bertz CT molecular complexity index is 1450. The molecule has 0 bridgehead atoms. The first-order chi connectivity index (χ1) is 19.7. The van der Waals surface area contributed by atoms with E-state index in [1.54, 1.807) is 13.0 Å². The highest BCUT2D eigenvalue weighted by atomic mass is 32.2. The number of pyridine rings is 1. The van der Waals surface area contributed by atoms with Crippen molar-refractivity contribution >= 4 is 29.3 Å². The topological polar surface area (TPSA) is 111 Å². The molecule has 0 N–H and O–H groups in total. The molecule has 0 spiro atoms. The summed E-state index contributed by atoms with van der Waals surface area (Å²) in [4.78, 5) is 4.77. The average Bonchev–Trinajstić information content (AvgIpc) is 3.28. The highest BCUT2D eigenvalue weighted by molar-refractivity contribution is 7.86. The molecule has 1 aliphatic heterocycles. The van der Waals surface area contributed by atoms with Gasteiger partial charge in [-0.2, -0.15) is 13.5 Å². The van der Waals surface area contributed by atoms with Gasteiger partial charge in [0.1, 0.15) is 18.1 Å². The monoisotopic (exact) mass is 619 g/mol. The second-order valence-electron chi connectivity index (χ2n) is 12.4. The molecule has 0 saturated carbocycles. The predicted molar refractivity (Wildman–Crippen MR) is 166 cm³/mol. The fourth-order valence-corrected chi connectivity index (χ4v) is 6.20. The van der Waals surface area contributed by atoms with Crippen molar-refractivity contribution in [3.63, 3.8) is 0 Å². The molecule has 1 aliphatic rings. The number of ether oxygens (including phenoxy) is 3. The van der Waals surface area contributed by atoms with Gasteiger partial charge in [0.05, 0.1) is 30.2 Å². The smallest absolute Gasteiger partial charge is 0.264 e. The number of aromatic nitrogens is 3. The number of hydrogen-bond donors (Lipinski definition) is 0. The number of hydrogen-bond acceptors (Lipinski definition) is 9. The van der Waals surface area contributed by atoms with Crippen molar-refractivity contribution in [2.45, 2.75) is 83.8 Å². The zero-order chi connectivity index (χ0) is 30.5. The van der Waals surface area contributed by atoms with E-state index < -0.39 is 24.5 Å². The second kappa shape index (κ2) is 13.4. The Morgan fingerprint density at radius 3 is 2.60 bits per heavy atom. The highest BCUT2D eigenvalue weighted by Gasteiger charge is 2.39. The van der Waals surface area contributed by atoms with Crippen molar-refractivity contribution in [3.05, 3.63) is 36.4 Å². The van der Waals surface area contributed by atoms with Gasteiger partial charge in [0.2, 0.25) is 14.2 Å². The molecule has 2 unspecified atom stereocenters. The molecule has 1 saturated heterocycles. The summed E-state index contributed by atoms with van der Waals surface area (Å²) in [5.74, 6) is 1.30. The fourth-order valence-electron chi connectivity index (χ4n) is 4.49. The molecule has 12 heteroatoms. The van der Waals surface area contributed by atoms with Crippen molar-refractivity contribution in [2.24, 2.45) is 0 Å². The van der Waals surface area contributed by atoms with Crippen LogP contribution < -0.4 is 9.16 Å². The molecular formula is C30H45N3O7SSi. The van der Waals surface area contributed by atoms with E-state index in [9.17, 15) is 8.42 Å². The van der Waals surface area contributed by atoms with Gasteiger partial charge in [0.15, 0.2) is 6.23 Å². The van der Waals surface area contributed by atoms with Gasteiger partial charge < -0.3 is 18.6 Å². The number of benzene rings is 1. The molecule has 2 atom stereocenters. The van der Waals surface area contributed by atoms with E-state index in [1.807, 2.05) is 22.9 Å². The van der Waals surface area contributed by atoms with Crippen LogP contribution in [-0.2, 0) is 23.8 Å². The Morgan fingerprint density at radius 1 is 1.12 bits per heavy atom. The van der Waals surface area contributed by atoms with Crippen LogP contribution >= 0.6 is 0 Å². The molecule has 1 fully saturated rings. The maximum atomic E-state index is 11.2. The molecule has 1 aromatic carbocycles. The molecular weight excluding hydrogens is 574 g/mol. The van der Waals surface area contributed by atoms with E-state index in [2.05, 4.69) is 46.0 Å². The molecule has 10 nitrogen and oxygen atoms in total. The first kappa shape index (κ1) is 32.4. The lowest BCUT2D eigenvalue weighted by Crippen LogP contribution is -2.43. The summed E-state index contributed by atoms with van der Waals surface area (Å²) in [6, 6.07) is 11.8. The third-order valence-corrected chi connectivity index (χ3v) is 12.8. The summed E-state index contributed by atoms with van der Waals surface area (Å²) in [5, 5.41) is 6.05. The van der Waals surface area contributed by atoms with Crippen molar-refractivity contribution in [1.29, 1.82) is 0 Å². The molecule has 3 aromatic rings. The van der Waals surface area contributed by atoms with Crippen molar-refractivity contribution in [2.75, 3.05) is 32.7 Å². The fraction of sp³-hybridized carbons (Fsp3) is 0.600. The Hall–Kier alpha value is -2.51. The maximum Gasteiger partial charge on any atom is 0.264 e. The van der Waals surface area contributed by atoms with Gasteiger partial charge in [-0.25, -0.2) is 9.67 Å². The summed E-state index contributed by atoms with van der Waals surface area (Å²) in [5.41, 5.74) is 2.43. The van der Waals surface area contributed by atoms with Crippen LogP contribution in [0.4, 0.5) is 0 Å². The Morgan fingerprint density at radius 2 is 1.90 bits per heavy atom. The Balaban J connectivity index is 1.51. The first-order valence-electron chi connectivity index (χ1n) is 14.6. The lowest BCUT2D eigenvalue weighted by atomic mass is 10.1. The van der Waals surface area contributed by atoms with Crippen LogP contribution in [-0.4, -0.2) is 70.3 Å². The number of fused-ring (bicyclic) bond motifs is 1. The van der Waals surface area contributed by atoms with Gasteiger partial charge >= 0.3 is 0 Å². The summed E-state index contributed by atoms with van der Waals surface area (Å²) in [6.07, 6.45) is 4.01. The van der Waals surface area contributed by atoms with E-state index in [-0.39, 0.29) is 11.3 Å². The van der Waals surface area contributed by atoms with Crippen molar-refractivity contribution in [3.8, 4) is 23.0 Å². The minimum absolute atomic E-state index is 0.0734. The minimum atomic E-state index is -3.48. The third-order valence-electron chi connectivity index (χ3n) is 7.74. The van der Waals surface area contributed by atoms with Crippen LogP contribution in [0.25, 0.3) is 22.3 Å². The first-order valence-corrected chi connectivity index (χ1v) is 19.3. The molecule has 0 radical (unpaired) electrons. The lowest BCUT2D eigenvalue weighted by molar-refractivity contribution is -0.0365. The van der Waals surface area contributed by atoms with E-state index in [4.69, 9.17) is 32.9 Å². The predicted octanol–water partition coefficient (Wildman–Crippen LogP) is 6.33. The normalized spacial score (nSPS) is 17.4. The van der Waals surface area contributed by atoms with Gasteiger partial charge in [-0.05, 0) is 75.0 Å². The van der Waals surface area contributed by atoms with E-state index in [0.29, 0.717) is 37.8 Å². The van der Waals surface area contributed by atoms with Gasteiger partial charge in [0, 0.05) is 24.7 Å². The van der Waals surface area contributed by atoms with Crippen LogP contribution in [0.1, 0.15) is 59.6 Å². The van der Waals surface area contributed by atoms with Gasteiger partial charge in [-0.15, -0.1) is 0 Å². The summed E-state index contributed by atoms with van der Waals surface area (Å²) in [6.45, 7) is 14.6. The summed E-state index contributed by atoms with van der Waals surface area (Å²) < 4.78 is 53.6. The number of nitrogens with zero attached hydrogens (tertiary/aromatic N) is 3. The van der Waals surface area contributed by atoms with Crippen molar-refractivity contribution < 1.29 is 31.2 Å². The van der Waals surface area contributed by atoms with Crippen LogP contribution in [0.5, 0.6) is 11.6 Å². The van der Waals surface area contributed by atoms with Crippen LogP contribution in [0, 0.1) is 0 Å². The van der Waals surface area contributed by atoms with Gasteiger partial charge in [-0.3, -0.25) is 4.18 Å². The maximum absolute atomic E-state index is 11.2. The molecule has 2 aromatic heterocycles. The second-order valence-corrected chi connectivity index (χ2v) is 18.7. The largest absolute Gasteiger partial charge is 0.543 e. The van der Waals surface area contributed by atoms with E-state index in [0.717, 1.165) is 54.5 Å². The van der Waals surface area contributed by atoms with Gasteiger partial charge in [0.25, 0.3) is 10.1 Å². The molecule has 3 heterocycles. The molecule has 232 valence electrons. The molecule has 42 heavy (non-hydrogen) atoms. The van der Waals surface area contributed by atoms with Gasteiger partial charge in [-0.1, -0.05) is 26.8 Å². The zero-order valence-electron chi connectivity index (χ0n) is 25.9. The zero-order valence-corrected chi connectivity index (χ0v) is 27.7.